The highest BCUT2D eigenvalue weighted by Gasteiger charge is 2.01. The number of aromatic nitrogens is 2. The highest BCUT2D eigenvalue weighted by molar-refractivity contribution is 5.27. The molecule has 0 saturated heterocycles. The van der Waals surface area contributed by atoms with Gasteiger partial charge in [-0.1, -0.05) is 0 Å². The van der Waals surface area contributed by atoms with E-state index in [0.717, 1.165) is 13.0 Å². The fourth-order valence-electron chi connectivity index (χ4n) is 1.04. The molecular formula is C10H18N4O. The molecule has 0 aliphatic heterocycles. The number of anilines is 1. The van der Waals surface area contributed by atoms with Crippen LogP contribution >= 0.6 is 0 Å². The van der Waals surface area contributed by atoms with Gasteiger partial charge in [-0.15, -0.1) is 0 Å². The first-order valence-corrected chi connectivity index (χ1v) is 5.16. The molecule has 0 spiro atoms. The molecule has 0 unspecified atom stereocenters. The van der Waals surface area contributed by atoms with E-state index in [4.69, 9.17) is 10.5 Å². The van der Waals surface area contributed by atoms with Gasteiger partial charge < -0.3 is 15.8 Å². The molecule has 1 aromatic rings. The van der Waals surface area contributed by atoms with Crippen molar-refractivity contribution in [2.24, 2.45) is 5.73 Å². The Hall–Kier alpha value is -1.36. The molecule has 3 N–H and O–H groups in total. The summed E-state index contributed by atoms with van der Waals surface area (Å²) in [5, 5.41) is 3.08. The molecule has 1 rings (SSSR count). The third kappa shape index (κ3) is 4.60. The topological polar surface area (TPSA) is 73.1 Å². The van der Waals surface area contributed by atoms with Gasteiger partial charge in [-0.05, 0) is 26.8 Å². The third-order valence-electron chi connectivity index (χ3n) is 1.65. The summed E-state index contributed by atoms with van der Waals surface area (Å²) >= 11 is 0. The monoisotopic (exact) mass is 210 g/mol. The van der Waals surface area contributed by atoms with Gasteiger partial charge in [0.2, 0.25) is 11.8 Å². The maximum absolute atomic E-state index is 5.45. The van der Waals surface area contributed by atoms with Crippen LogP contribution in [0.4, 0.5) is 5.95 Å². The van der Waals surface area contributed by atoms with E-state index in [1.54, 1.807) is 12.3 Å². The zero-order chi connectivity index (χ0) is 11.1. The summed E-state index contributed by atoms with van der Waals surface area (Å²) in [5.41, 5.74) is 5.38. The summed E-state index contributed by atoms with van der Waals surface area (Å²) in [4.78, 5) is 8.27. The van der Waals surface area contributed by atoms with Crippen molar-refractivity contribution < 1.29 is 4.74 Å². The maximum Gasteiger partial charge on any atom is 0.225 e. The predicted molar refractivity (Wildman–Crippen MR) is 60.0 cm³/mol. The lowest BCUT2D eigenvalue weighted by Gasteiger charge is -2.09. The zero-order valence-corrected chi connectivity index (χ0v) is 9.23. The number of hydrogen-bond acceptors (Lipinski definition) is 5. The van der Waals surface area contributed by atoms with Crippen molar-refractivity contribution in [2.45, 2.75) is 26.4 Å². The Morgan fingerprint density at radius 2 is 2.33 bits per heavy atom. The lowest BCUT2D eigenvalue weighted by atomic mass is 10.4. The number of ether oxygens (including phenoxy) is 1. The zero-order valence-electron chi connectivity index (χ0n) is 9.23. The number of hydrogen-bond donors (Lipinski definition) is 2. The molecule has 0 fully saturated rings. The standard InChI is InChI=1S/C10H18N4O/c1-8(2)15-9-4-7-13-10(14-9)12-6-3-5-11/h4,7-8H,3,5-6,11H2,1-2H3,(H,12,13,14). The molecule has 0 aliphatic carbocycles. The molecule has 84 valence electrons. The van der Waals surface area contributed by atoms with E-state index < -0.39 is 0 Å². The van der Waals surface area contributed by atoms with Crippen molar-refractivity contribution in [3.05, 3.63) is 12.3 Å². The van der Waals surface area contributed by atoms with Crippen molar-refractivity contribution in [3.63, 3.8) is 0 Å². The molecule has 1 heterocycles. The van der Waals surface area contributed by atoms with Crippen molar-refractivity contribution in [1.82, 2.24) is 9.97 Å². The van der Waals surface area contributed by atoms with Crippen LogP contribution in [-0.4, -0.2) is 29.2 Å². The molecule has 0 aromatic carbocycles. The lowest BCUT2D eigenvalue weighted by Crippen LogP contribution is -2.12. The quantitative estimate of drug-likeness (QED) is 0.686. The fourth-order valence-corrected chi connectivity index (χ4v) is 1.04. The van der Waals surface area contributed by atoms with E-state index in [1.807, 2.05) is 13.8 Å². The SMILES string of the molecule is CC(C)Oc1ccnc(NCCCN)n1. The molecule has 1 aromatic heterocycles. The van der Waals surface area contributed by atoms with Gasteiger partial charge in [-0.2, -0.15) is 4.98 Å². The van der Waals surface area contributed by atoms with Crippen LogP contribution in [0.25, 0.3) is 0 Å². The molecule has 0 aliphatic rings. The number of nitrogens with zero attached hydrogens (tertiary/aromatic N) is 2. The highest BCUT2D eigenvalue weighted by Crippen LogP contribution is 2.09. The maximum atomic E-state index is 5.45. The van der Waals surface area contributed by atoms with E-state index in [1.165, 1.54) is 0 Å². The molecule has 0 atom stereocenters. The Balaban J connectivity index is 2.50. The average molecular weight is 210 g/mol. The second kappa shape index (κ2) is 6.19. The van der Waals surface area contributed by atoms with E-state index >= 15 is 0 Å². The van der Waals surface area contributed by atoms with Gasteiger partial charge >= 0.3 is 0 Å². The van der Waals surface area contributed by atoms with Gasteiger partial charge in [0.15, 0.2) is 0 Å². The molecule has 15 heavy (non-hydrogen) atoms. The first-order valence-electron chi connectivity index (χ1n) is 5.16. The van der Waals surface area contributed by atoms with Crippen LogP contribution in [0, 0.1) is 0 Å². The van der Waals surface area contributed by atoms with E-state index in [2.05, 4.69) is 15.3 Å². The van der Waals surface area contributed by atoms with E-state index in [0.29, 0.717) is 18.4 Å². The van der Waals surface area contributed by atoms with E-state index in [9.17, 15) is 0 Å². The van der Waals surface area contributed by atoms with Gasteiger partial charge in [0.25, 0.3) is 0 Å². The number of rotatable bonds is 6. The van der Waals surface area contributed by atoms with Gasteiger partial charge in [0.1, 0.15) is 0 Å². The number of nitrogens with one attached hydrogen (secondary N) is 1. The highest BCUT2D eigenvalue weighted by atomic mass is 16.5. The Bertz CT molecular complexity index is 291. The van der Waals surface area contributed by atoms with Crippen molar-refractivity contribution >= 4 is 5.95 Å². The van der Waals surface area contributed by atoms with Crippen molar-refractivity contribution in [3.8, 4) is 5.88 Å². The summed E-state index contributed by atoms with van der Waals surface area (Å²) in [7, 11) is 0. The van der Waals surface area contributed by atoms with Crippen LogP contribution in [0.1, 0.15) is 20.3 Å². The second-order valence-corrected chi connectivity index (χ2v) is 3.45. The van der Waals surface area contributed by atoms with Crippen LogP contribution in [0.15, 0.2) is 12.3 Å². The van der Waals surface area contributed by atoms with Crippen molar-refractivity contribution in [2.75, 3.05) is 18.4 Å². The van der Waals surface area contributed by atoms with Crippen LogP contribution in [0.5, 0.6) is 5.88 Å². The van der Waals surface area contributed by atoms with Gasteiger partial charge in [0.05, 0.1) is 6.10 Å². The minimum Gasteiger partial charge on any atom is -0.475 e. The Kier molecular flexibility index (Phi) is 4.83. The fraction of sp³-hybridized carbons (Fsp3) is 0.600. The minimum atomic E-state index is 0.122. The summed E-state index contributed by atoms with van der Waals surface area (Å²) < 4.78 is 5.45. The van der Waals surface area contributed by atoms with Gasteiger partial charge in [0, 0.05) is 18.8 Å². The average Bonchev–Trinajstić information content (AvgIpc) is 2.18. The summed E-state index contributed by atoms with van der Waals surface area (Å²) in [5.74, 6) is 1.18. The Labute approximate surface area is 90.1 Å². The first-order chi connectivity index (χ1) is 7.22. The first kappa shape index (κ1) is 11.7. The molecule has 0 bridgehead atoms. The third-order valence-corrected chi connectivity index (χ3v) is 1.65. The second-order valence-electron chi connectivity index (χ2n) is 3.45. The largest absolute Gasteiger partial charge is 0.475 e. The van der Waals surface area contributed by atoms with Crippen molar-refractivity contribution in [1.29, 1.82) is 0 Å². The summed E-state index contributed by atoms with van der Waals surface area (Å²) in [6.45, 7) is 5.37. The molecule has 0 amide bonds. The van der Waals surface area contributed by atoms with Crippen LogP contribution in [-0.2, 0) is 0 Å². The smallest absolute Gasteiger partial charge is 0.225 e. The van der Waals surface area contributed by atoms with E-state index in [-0.39, 0.29) is 6.10 Å². The number of nitrogens with two attached hydrogens (primary N) is 1. The van der Waals surface area contributed by atoms with Gasteiger partial charge in [-0.3, -0.25) is 0 Å². The van der Waals surface area contributed by atoms with Crippen LogP contribution in [0.2, 0.25) is 0 Å². The minimum absolute atomic E-state index is 0.122. The normalized spacial score (nSPS) is 10.4. The molecule has 5 nitrogen and oxygen atoms in total. The Morgan fingerprint density at radius 1 is 1.53 bits per heavy atom. The molecule has 5 heteroatoms. The summed E-state index contributed by atoms with van der Waals surface area (Å²) in [6.07, 6.45) is 2.70. The molecular weight excluding hydrogens is 192 g/mol. The predicted octanol–water partition coefficient (Wildman–Crippen LogP) is 1.02. The lowest BCUT2D eigenvalue weighted by molar-refractivity contribution is 0.232. The summed E-state index contributed by atoms with van der Waals surface area (Å²) in [6, 6.07) is 1.74. The Morgan fingerprint density at radius 3 is 3.00 bits per heavy atom. The van der Waals surface area contributed by atoms with Crippen LogP contribution in [0.3, 0.4) is 0 Å². The molecule has 0 radical (unpaired) electrons. The van der Waals surface area contributed by atoms with Crippen LogP contribution < -0.4 is 15.8 Å². The molecule has 0 saturated carbocycles. The van der Waals surface area contributed by atoms with Gasteiger partial charge in [-0.25, -0.2) is 4.98 Å².